The van der Waals surface area contributed by atoms with E-state index in [4.69, 9.17) is 5.11 Å². The first-order valence-corrected chi connectivity index (χ1v) is 7.40. The number of aromatic nitrogens is 1. The molecule has 1 aromatic heterocycles. The van der Waals surface area contributed by atoms with E-state index in [1.165, 1.54) is 5.56 Å². The van der Waals surface area contributed by atoms with Gasteiger partial charge in [-0.05, 0) is 24.6 Å². The molecule has 2 aromatic rings. The first-order chi connectivity index (χ1) is 9.06. The van der Waals surface area contributed by atoms with Gasteiger partial charge in [0.15, 0.2) is 0 Å². The summed E-state index contributed by atoms with van der Waals surface area (Å²) in [6.45, 7) is 2.61. The Morgan fingerprint density at radius 3 is 3.00 bits per heavy atom. The van der Waals surface area contributed by atoms with Crippen LogP contribution in [0.1, 0.15) is 34.0 Å². The molecule has 0 spiro atoms. The number of benzene rings is 1. The smallest absolute Gasteiger partial charge is 0.365 e. The first-order valence-electron chi connectivity index (χ1n) is 5.73. The highest BCUT2D eigenvalue weighted by Crippen LogP contribution is 2.18. The topological polar surface area (TPSA) is 62.2 Å². The molecule has 19 heavy (non-hydrogen) atoms. The van der Waals surface area contributed by atoms with Crippen LogP contribution in [0.4, 0.5) is 0 Å². The molecule has 100 valence electrons. The van der Waals surface area contributed by atoms with E-state index in [1.807, 2.05) is 18.2 Å². The Balaban J connectivity index is 1.96. The number of aromatic carboxylic acids is 1. The van der Waals surface area contributed by atoms with Gasteiger partial charge in [-0.25, -0.2) is 9.78 Å². The minimum Gasteiger partial charge on any atom is -0.476 e. The summed E-state index contributed by atoms with van der Waals surface area (Å²) in [5.74, 6) is -0.976. The first kappa shape index (κ1) is 14.2. The number of nitrogens with zero attached hydrogens (tertiary/aromatic N) is 1. The van der Waals surface area contributed by atoms with E-state index in [0.717, 1.165) is 21.5 Å². The molecule has 0 aliphatic carbocycles. The zero-order valence-electron chi connectivity index (χ0n) is 10.3. The maximum Gasteiger partial charge on any atom is 0.365 e. The Hall–Kier alpha value is -1.24. The van der Waals surface area contributed by atoms with Gasteiger partial charge < -0.3 is 10.4 Å². The molecule has 0 aliphatic heterocycles. The van der Waals surface area contributed by atoms with E-state index >= 15 is 0 Å². The maximum absolute atomic E-state index is 10.7. The SMILES string of the molecule is C[C@H](NCc1csc(C(=O)O)n1)c1cccc(Br)c1. The molecule has 0 saturated heterocycles. The summed E-state index contributed by atoms with van der Waals surface area (Å²) < 4.78 is 1.04. The molecule has 0 aliphatic rings. The lowest BCUT2D eigenvalue weighted by Gasteiger charge is -2.13. The summed E-state index contributed by atoms with van der Waals surface area (Å²) in [7, 11) is 0. The summed E-state index contributed by atoms with van der Waals surface area (Å²) in [5, 5.41) is 14.0. The average Bonchev–Trinajstić information content (AvgIpc) is 2.85. The predicted octanol–water partition coefficient (Wildman–Crippen LogP) is 3.45. The van der Waals surface area contributed by atoms with Crippen molar-refractivity contribution >= 4 is 33.2 Å². The van der Waals surface area contributed by atoms with Gasteiger partial charge in [-0.15, -0.1) is 11.3 Å². The van der Waals surface area contributed by atoms with Crippen LogP contribution >= 0.6 is 27.3 Å². The van der Waals surface area contributed by atoms with Gasteiger partial charge in [-0.3, -0.25) is 0 Å². The third-order valence-electron chi connectivity index (χ3n) is 2.67. The highest BCUT2D eigenvalue weighted by atomic mass is 79.9. The van der Waals surface area contributed by atoms with Crippen molar-refractivity contribution in [3.8, 4) is 0 Å². The zero-order valence-corrected chi connectivity index (χ0v) is 12.7. The molecule has 4 nitrogen and oxygen atoms in total. The minimum atomic E-state index is -0.976. The number of carboxylic acid groups (broad SMARTS) is 1. The summed E-state index contributed by atoms with van der Waals surface area (Å²) in [6, 6.07) is 8.25. The molecule has 0 radical (unpaired) electrons. The lowest BCUT2D eigenvalue weighted by molar-refractivity contribution is 0.0696. The van der Waals surface area contributed by atoms with Gasteiger partial charge in [-0.2, -0.15) is 0 Å². The fourth-order valence-corrected chi connectivity index (χ4v) is 2.71. The van der Waals surface area contributed by atoms with E-state index in [1.54, 1.807) is 5.38 Å². The van der Waals surface area contributed by atoms with E-state index < -0.39 is 5.97 Å². The molecule has 1 heterocycles. The molecular formula is C13H13BrN2O2S. The standard InChI is InChI=1S/C13H13BrN2O2S/c1-8(9-3-2-4-10(14)5-9)15-6-11-7-19-12(16-11)13(17)18/h2-5,7-8,15H,6H2,1H3,(H,17,18)/t8-/m0/s1. The molecule has 1 atom stereocenters. The fourth-order valence-electron chi connectivity index (χ4n) is 1.64. The Morgan fingerprint density at radius 1 is 1.58 bits per heavy atom. The molecular weight excluding hydrogens is 328 g/mol. The molecule has 0 bridgehead atoms. The average molecular weight is 341 g/mol. The fraction of sp³-hybridized carbons (Fsp3) is 0.231. The van der Waals surface area contributed by atoms with Gasteiger partial charge in [0, 0.05) is 22.4 Å². The van der Waals surface area contributed by atoms with E-state index in [0.29, 0.717) is 6.54 Å². The van der Waals surface area contributed by atoms with Gasteiger partial charge in [0.2, 0.25) is 5.01 Å². The Labute approximate surface area is 123 Å². The van der Waals surface area contributed by atoms with Crippen molar-refractivity contribution in [3.05, 3.63) is 50.4 Å². The normalized spacial score (nSPS) is 12.3. The van der Waals surface area contributed by atoms with Crippen LogP contribution in [0.3, 0.4) is 0 Å². The molecule has 0 unspecified atom stereocenters. The van der Waals surface area contributed by atoms with Crippen LogP contribution in [0.25, 0.3) is 0 Å². The summed E-state index contributed by atoms with van der Waals surface area (Å²) in [6.07, 6.45) is 0. The number of halogens is 1. The highest BCUT2D eigenvalue weighted by Gasteiger charge is 2.10. The predicted molar refractivity (Wildman–Crippen MR) is 78.5 cm³/mol. The maximum atomic E-state index is 10.7. The number of nitrogens with one attached hydrogen (secondary N) is 1. The number of hydrogen-bond acceptors (Lipinski definition) is 4. The van der Waals surface area contributed by atoms with Crippen LogP contribution in [0.2, 0.25) is 0 Å². The molecule has 0 saturated carbocycles. The van der Waals surface area contributed by atoms with Crippen molar-refractivity contribution in [2.24, 2.45) is 0 Å². The molecule has 0 amide bonds. The van der Waals surface area contributed by atoms with E-state index in [-0.39, 0.29) is 11.0 Å². The van der Waals surface area contributed by atoms with Crippen molar-refractivity contribution in [1.29, 1.82) is 0 Å². The van der Waals surface area contributed by atoms with Crippen LogP contribution in [-0.4, -0.2) is 16.1 Å². The second-order valence-corrected chi connectivity index (χ2v) is 5.88. The number of carboxylic acids is 1. The monoisotopic (exact) mass is 340 g/mol. The second-order valence-electron chi connectivity index (χ2n) is 4.11. The Bertz CT molecular complexity index is 586. The van der Waals surface area contributed by atoms with Gasteiger partial charge in [-0.1, -0.05) is 28.1 Å². The number of carbonyl (C=O) groups is 1. The number of thiazole rings is 1. The van der Waals surface area contributed by atoms with Crippen molar-refractivity contribution in [1.82, 2.24) is 10.3 Å². The lowest BCUT2D eigenvalue weighted by Crippen LogP contribution is -2.18. The summed E-state index contributed by atoms with van der Waals surface area (Å²) >= 11 is 4.59. The number of hydrogen-bond donors (Lipinski definition) is 2. The summed E-state index contributed by atoms with van der Waals surface area (Å²) in [5.41, 5.74) is 1.92. The lowest BCUT2D eigenvalue weighted by atomic mass is 10.1. The molecule has 0 fully saturated rings. The van der Waals surface area contributed by atoms with Gasteiger partial charge in [0.25, 0.3) is 0 Å². The van der Waals surface area contributed by atoms with Gasteiger partial charge in [0.1, 0.15) is 0 Å². The number of rotatable bonds is 5. The Morgan fingerprint density at radius 2 is 2.37 bits per heavy atom. The van der Waals surface area contributed by atoms with Crippen LogP contribution < -0.4 is 5.32 Å². The van der Waals surface area contributed by atoms with Crippen molar-refractivity contribution in [2.75, 3.05) is 0 Å². The van der Waals surface area contributed by atoms with Gasteiger partial charge >= 0.3 is 5.97 Å². The molecule has 2 N–H and O–H groups in total. The third-order valence-corrected chi connectivity index (χ3v) is 4.05. The minimum absolute atomic E-state index is 0.131. The zero-order chi connectivity index (χ0) is 13.8. The van der Waals surface area contributed by atoms with Crippen molar-refractivity contribution in [2.45, 2.75) is 19.5 Å². The highest BCUT2D eigenvalue weighted by molar-refractivity contribution is 9.10. The van der Waals surface area contributed by atoms with Gasteiger partial charge in [0.05, 0.1) is 5.69 Å². The van der Waals surface area contributed by atoms with E-state index in [2.05, 4.69) is 39.2 Å². The largest absolute Gasteiger partial charge is 0.476 e. The van der Waals surface area contributed by atoms with Crippen molar-refractivity contribution in [3.63, 3.8) is 0 Å². The third kappa shape index (κ3) is 3.86. The van der Waals surface area contributed by atoms with Crippen LogP contribution in [0, 0.1) is 0 Å². The van der Waals surface area contributed by atoms with Crippen LogP contribution in [0.15, 0.2) is 34.1 Å². The summed E-state index contributed by atoms with van der Waals surface area (Å²) in [4.78, 5) is 14.8. The van der Waals surface area contributed by atoms with E-state index in [9.17, 15) is 4.79 Å². The second kappa shape index (κ2) is 6.27. The van der Waals surface area contributed by atoms with Crippen LogP contribution in [0.5, 0.6) is 0 Å². The van der Waals surface area contributed by atoms with Crippen molar-refractivity contribution < 1.29 is 9.90 Å². The van der Waals surface area contributed by atoms with Crippen LogP contribution in [-0.2, 0) is 6.54 Å². The molecule has 2 rings (SSSR count). The quantitative estimate of drug-likeness (QED) is 0.874. The Kier molecular flexibility index (Phi) is 4.68. The molecule has 1 aromatic carbocycles. The molecule has 6 heteroatoms.